The second-order valence-corrected chi connectivity index (χ2v) is 6.07. The summed E-state index contributed by atoms with van der Waals surface area (Å²) in [7, 11) is 0. The number of carbonyl (C=O) groups excluding carboxylic acids is 1. The number of nitrogens with one attached hydrogen (secondary N) is 2. The molecule has 1 amide bonds. The maximum Gasteiger partial charge on any atom is 0.240 e. The number of nitrogens with zero attached hydrogens (tertiary/aromatic N) is 2. The van der Waals surface area contributed by atoms with E-state index in [9.17, 15) is 4.79 Å². The number of rotatable bonds is 3. The number of aromatic nitrogens is 1. The minimum Gasteiger partial charge on any atom is -0.316 e. The number of fused-ring (bicyclic) bond motifs is 1. The maximum atomic E-state index is 11.9. The van der Waals surface area contributed by atoms with Crippen molar-refractivity contribution in [1.82, 2.24) is 15.2 Å². The molecule has 2 unspecified atom stereocenters. The van der Waals surface area contributed by atoms with Gasteiger partial charge in [0.25, 0.3) is 0 Å². The molecule has 2 saturated heterocycles. The predicted octanol–water partition coefficient (Wildman–Crippen LogP) is 0.541. The summed E-state index contributed by atoms with van der Waals surface area (Å²) in [6.45, 7) is 6.72. The number of carbonyl (C=O) groups is 1. The number of aryl methyl sites for hydroxylation is 1. The summed E-state index contributed by atoms with van der Waals surface area (Å²) in [6, 6.07) is 0. The molecule has 0 aromatic carbocycles. The van der Waals surface area contributed by atoms with Crippen LogP contribution in [0.25, 0.3) is 0 Å². The molecule has 0 saturated carbocycles. The van der Waals surface area contributed by atoms with Crippen LogP contribution in [0.5, 0.6) is 0 Å². The maximum absolute atomic E-state index is 11.9. The van der Waals surface area contributed by atoms with Gasteiger partial charge in [-0.1, -0.05) is 0 Å². The molecule has 5 nitrogen and oxygen atoms in total. The second-order valence-electron chi connectivity index (χ2n) is 5.21. The Morgan fingerprint density at radius 2 is 2.28 bits per heavy atom. The van der Waals surface area contributed by atoms with Crippen LogP contribution in [-0.2, 0) is 4.79 Å². The summed E-state index contributed by atoms with van der Waals surface area (Å²) in [5.41, 5.74) is 0.956. The molecule has 3 rings (SSSR count). The molecule has 2 aliphatic heterocycles. The van der Waals surface area contributed by atoms with Crippen LogP contribution in [0.2, 0.25) is 0 Å². The summed E-state index contributed by atoms with van der Waals surface area (Å²) in [4.78, 5) is 18.4. The molecule has 0 bridgehead atoms. The van der Waals surface area contributed by atoms with Gasteiger partial charge < -0.3 is 10.6 Å². The van der Waals surface area contributed by atoms with Crippen molar-refractivity contribution in [1.29, 1.82) is 0 Å². The van der Waals surface area contributed by atoms with E-state index in [1.54, 1.807) is 0 Å². The molecular formula is C12H18N4OS. The second kappa shape index (κ2) is 4.95. The molecule has 2 aliphatic rings. The van der Waals surface area contributed by atoms with E-state index < -0.39 is 0 Å². The van der Waals surface area contributed by atoms with Gasteiger partial charge in [-0.2, -0.15) is 0 Å². The van der Waals surface area contributed by atoms with Crippen molar-refractivity contribution >= 4 is 22.4 Å². The number of amides is 1. The first-order valence-corrected chi connectivity index (χ1v) is 7.24. The zero-order valence-corrected chi connectivity index (χ0v) is 11.3. The number of hydrogen-bond acceptors (Lipinski definition) is 5. The van der Waals surface area contributed by atoms with Crippen LogP contribution in [0.4, 0.5) is 5.13 Å². The summed E-state index contributed by atoms with van der Waals surface area (Å²) in [5, 5.41) is 8.92. The van der Waals surface area contributed by atoms with E-state index in [0.29, 0.717) is 11.7 Å². The summed E-state index contributed by atoms with van der Waals surface area (Å²) in [5.74, 6) is 1.53. The van der Waals surface area contributed by atoms with Crippen LogP contribution in [0.15, 0.2) is 5.38 Å². The third-order valence-corrected chi connectivity index (χ3v) is 4.57. The van der Waals surface area contributed by atoms with Gasteiger partial charge in [0.05, 0.1) is 12.2 Å². The SMILES string of the molecule is Cc1csc(NC(=O)CN2CC3CNCC3C2)n1. The Morgan fingerprint density at radius 3 is 2.89 bits per heavy atom. The van der Waals surface area contributed by atoms with Gasteiger partial charge in [0.1, 0.15) is 0 Å². The third-order valence-electron chi connectivity index (χ3n) is 3.70. The van der Waals surface area contributed by atoms with Gasteiger partial charge in [-0.3, -0.25) is 9.69 Å². The summed E-state index contributed by atoms with van der Waals surface area (Å²) >= 11 is 1.48. The van der Waals surface area contributed by atoms with Gasteiger partial charge in [-0.05, 0) is 31.8 Å². The average Bonchev–Trinajstić information content (AvgIpc) is 2.94. The Balaban J connectivity index is 1.50. The van der Waals surface area contributed by atoms with E-state index >= 15 is 0 Å². The fraction of sp³-hybridized carbons (Fsp3) is 0.667. The molecule has 0 spiro atoms. The highest BCUT2D eigenvalue weighted by atomic mass is 32.1. The van der Waals surface area contributed by atoms with E-state index in [0.717, 1.165) is 43.7 Å². The number of likely N-dealkylation sites (tertiary alicyclic amines) is 1. The lowest BCUT2D eigenvalue weighted by Gasteiger charge is -2.15. The standard InChI is InChI=1S/C12H18N4OS/c1-8-7-18-12(14-8)15-11(17)6-16-4-9-2-13-3-10(9)5-16/h7,9-10,13H,2-6H2,1H3,(H,14,15,17). The molecule has 3 heterocycles. The van der Waals surface area contributed by atoms with Gasteiger partial charge in [-0.15, -0.1) is 11.3 Å². The lowest BCUT2D eigenvalue weighted by Crippen LogP contribution is -2.33. The Hall–Kier alpha value is -0.980. The molecule has 0 radical (unpaired) electrons. The lowest BCUT2D eigenvalue weighted by molar-refractivity contribution is -0.117. The monoisotopic (exact) mass is 266 g/mol. The Kier molecular flexibility index (Phi) is 3.32. The van der Waals surface area contributed by atoms with E-state index in [-0.39, 0.29) is 5.91 Å². The van der Waals surface area contributed by atoms with E-state index in [1.165, 1.54) is 11.3 Å². The van der Waals surface area contributed by atoms with Crippen molar-refractivity contribution in [2.24, 2.45) is 11.8 Å². The largest absolute Gasteiger partial charge is 0.316 e. The minimum absolute atomic E-state index is 0.0530. The average molecular weight is 266 g/mol. The van der Waals surface area contributed by atoms with Crippen LogP contribution < -0.4 is 10.6 Å². The van der Waals surface area contributed by atoms with Gasteiger partial charge in [0.2, 0.25) is 5.91 Å². The van der Waals surface area contributed by atoms with E-state index in [2.05, 4.69) is 20.5 Å². The quantitative estimate of drug-likeness (QED) is 0.838. The van der Waals surface area contributed by atoms with Crippen LogP contribution >= 0.6 is 11.3 Å². The van der Waals surface area contributed by atoms with Gasteiger partial charge in [0.15, 0.2) is 5.13 Å². The number of anilines is 1. The van der Waals surface area contributed by atoms with Gasteiger partial charge >= 0.3 is 0 Å². The Labute approximate surface area is 111 Å². The first-order chi connectivity index (χ1) is 8.70. The van der Waals surface area contributed by atoms with Crippen LogP contribution in [0.3, 0.4) is 0 Å². The van der Waals surface area contributed by atoms with Crippen molar-refractivity contribution in [2.75, 3.05) is 38.0 Å². The topological polar surface area (TPSA) is 57.3 Å². The van der Waals surface area contributed by atoms with Gasteiger partial charge in [0, 0.05) is 18.5 Å². The third kappa shape index (κ3) is 2.55. The normalized spacial score (nSPS) is 27.4. The van der Waals surface area contributed by atoms with Gasteiger partial charge in [-0.25, -0.2) is 4.98 Å². The molecule has 0 aliphatic carbocycles. The molecule has 98 valence electrons. The molecular weight excluding hydrogens is 248 g/mol. The highest BCUT2D eigenvalue weighted by Crippen LogP contribution is 2.26. The minimum atomic E-state index is 0.0530. The van der Waals surface area contributed by atoms with Crippen molar-refractivity contribution in [3.8, 4) is 0 Å². The fourth-order valence-corrected chi connectivity index (χ4v) is 3.56. The van der Waals surface area contributed by atoms with Crippen molar-refractivity contribution in [3.05, 3.63) is 11.1 Å². The molecule has 1 aromatic rings. The molecule has 2 atom stereocenters. The van der Waals surface area contributed by atoms with E-state index in [4.69, 9.17) is 0 Å². The highest BCUT2D eigenvalue weighted by molar-refractivity contribution is 7.13. The molecule has 18 heavy (non-hydrogen) atoms. The summed E-state index contributed by atoms with van der Waals surface area (Å²) in [6.07, 6.45) is 0. The first-order valence-electron chi connectivity index (χ1n) is 6.36. The smallest absolute Gasteiger partial charge is 0.240 e. The number of thiazole rings is 1. The first kappa shape index (κ1) is 12.1. The molecule has 2 N–H and O–H groups in total. The molecule has 2 fully saturated rings. The molecule has 6 heteroatoms. The molecule has 1 aromatic heterocycles. The van der Waals surface area contributed by atoms with Crippen LogP contribution in [-0.4, -0.2) is 48.5 Å². The fourth-order valence-electron chi connectivity index (χ4n) is 2.85. The Morgan fingerprint density at radius 1 is 1.56 bits per heavy atom. The van der Waals surface area contributed by atoms with Crippen LogP contribution in [0.1, 0.15) is 5.69 Å². The predicted molar refractivity (Wildman–Crippen MR) is 71.8 cm³/mol. The van der Waals surface area contributed by atoms with Crippen molar-refractivity contribution < 1.29 is 4.79 Å². The van der Waals surface area contributed by atoms with Crippen molar-refractivity contribution in [2.45, 2.75) is 6.92 Å². The van der Waals surface area contributed by atoms with Crippen molar-refractivity contribution in [3.63, 3.8) is 0 Å². The van der Waals surface area contributed by atoms with Crippen LogP contribution in [0, 0.1) is 18.8 Å². The van der Waals surface area contributed by atoms with E-state index in [1.807, 2.05) is 12.3 Å². The number of hydrogen-bond donors (Lipinski definition) is 2. The Bertz CT molecular complexity index is 435. The lowest BCUT2D eigenvalue weighted by atomic mass is 10.0. The highest BCUT2D eigenvalue weighted by Gasteiger charge is 2.36. The zero-order chi connectivity index (χ0) is 12.5. The summed E-state index contributed by atoms with van der Waals surface area (Å²) < 4.78 is 0. The zero-order valence-electron chi connectivity index (χ0n) is 10.5.